The third-order valence-corrected chi connectivity index (χ3v) is 4.27. The van der Waals surface area contributed by atoms with Gasteiger partial charge in [0.15, 0.2) is 0 Å². The van der Waals surface area contributed by atoms with Gasteiger partial charge in [-0.15, -0.1) is 11.3 Å². The summed E-state index contributed by atoms with van der Waals surface area (Å²) in [7, 11) is 1.94. The highest BCUT2D eigenvalue weighted by atomic mass is 35.5. The van der Waals surface area contributed by atoms with E-state index in [1.54, 1.807) is 12.1 Å². The highest BCUT2D eigenvalue weighted by Gasteiger charge is 2.19. The first-order chi connectivity index (χ1) is 9.11. The van der Waals surface area contributed by atoms with Crippen molar-refractivity contribution in [1.29, 1.82) is 0 Å². The number of nitrogens with two attached hydrogens (primary N) is 1. The van der Waals surface area contributed by atoms with E-state index in [4.69, 9.17) is 17.3 Å². The van der Waals surface area contributed by atoms with E-state index in [0.29, 0.717) is 18.7 Å². The predicted octanol–water partition coefficient (Wildman–Crippen LogP) is 3.67. The van der Waals surface area contributed by atoms with E-state index in [2.05, 4.69) is 0 Å². The predicted molar refractivity (Wildman–Crippen MR) is 79.0 cm³/mol. The lowest BCUT2D eigenvalue weighted by Gasteiger charge is -2.27. The lowest BCUT2D eigenvalue weighted by molar-refractivity contribution is 0.239. The fraction of sp³-hybridized carbons (Fsp3) is 0.286. The van der Waals surface area contributed by atoms with E-state index in [1.165, 1.54) is 17.4 Å². The summed E-state index contributed by atoms with van der Waals surface area (Å²) in [4.78, 5) is 3.18. The van der Waals surface area contributed by atoms with Gasteiger partial charge >= 0.3 is 0 Å². The maximum absolute atomic E-state index is 13.8. The molecule has 0 spiro atoms. The van der Waals surface area contributed by atoms with Crippen LogP contribution >= 0.6 is 22.9 Å². The molecule has 0 saturated carbocycles. The molecular formula is C14H16ClFN2S. The van der Waals surface area contributed by atoms with Crippen LogP contribution in [0.3, 0.4) is 0 Å². The van der Waals surface area contributed by atoms with Crippen molar-refractivity contribution < 1.29 is 4.39 Å². The summed E-state index contributed by atoms with van der Waals surface area (Å²) in [5, 5.41) is 0. The average molecular weight is 299 g/mol. The zero-order chi connectivity index (χ0) is 13.8. The van der Waals surface area contributed by atoms with Gasteiger partial charge in [0, 0.05) is 29.6 Å². The molecule has 0 saturated heterocycles. The Morgan fingerprint density at radius 1 is 1.32 bits per heavy atom. The average Bonchev–Trinajstić information content (AvgIpc) is 2.78. The van der Waals surface area contributed by atoms with Crippen molar-refractivity contribution in [3.63, 3.8) is 0 Å². The van der Waals surface area contributed by atoms with Crippen LogP contribution in [0.5, 0.6) is 0 Å². The quantitative estimate of drug-likeness (QED) is 0.912. The van der Waals surface area contributed by atoms with Gasteiger partial charge in [0.25, 0.3) is 0 Å². The molecule has 0 radical (unpaired) electrons. The Hall–Kier alpha value is -0.940. The van der Waals surface area contributed by atoms with E-state index in [1.807, 2.05) is 30.1 Å². The van der Waals surface area contributed by atoms with Crippen LogP contribution in [0.4, 0.5) is 4.39 Å². The smallest absolute Gasteiger partial charge is 0.128 e. The zero-order valence-corrected chi connectivity index (χ0v) is 12.2. The van der Waals surface area contributed by atoms with E-state index >= 15 is 0 Å². The molecule has 0 aliphatic rings. The van der Waals surface area contributed by atoms with Crippen LogP contribution < -0.4 is 5.73 Å². The minimum Gasteiger partial charge on any atom is -0.329 e. The molecule has 102 valence electrons. The Morgan fingerprint density at radius 3 is 2.63 bits per heavy atom. The van der Waals surface area contributed by atoms with Gasteiger partial charge in [-0.2, -0.15) is 0 Å². The van der Waals surface area contributed by atoms with Crippen molar-refractivity contribution in [3.05, 3.63) is 57.0 Å². The lowest BCUT2D eigenvalue weighted by atomic mass is 10.1. The molecule has 1 heterocycles. The van der Waals surface area contributed by atoms with E-state index in [-0.39, 0.29) is 11.9 Å². The SMILES string of the molecule is CN(Cc1ccc(Cl)s1)C(CN)c1ccccc1F. The fourth-order valence-corrected chi connectivity index (χ4v) is 3.23. The molecule has 1 aromatic heterocycles. The second-order valence-electron chi connectivity index (χ2n) is 4.39. The first-order valence-corrected chi connectivity index (χ1v) is 7.20. The molecule has 2 aromatic rings. The van der Waals surface area contributed by atoms with Crippen molar-refractivity contribution in [2.24, 2.45) is 5.73 Å². The minimum absolute atomic E-state index is 0.137. The molecule has 2 nitrogen and oxygen atoms in total. The summed E-state index contributed by atoms with van der Waals surface area (Å²) in [5.41, 5.74) is 6.44. The zero-order valence-electron chi connectivity index (χ0n) is 10.6. The lowest BCUT2D eigenvalue weighted by Crippen LogP contribution is -2.30. The third kappa shape index (κ3) is 3.54. The maximum atomic E-state index is 13.8. The first kappa shape index (κ1) is 14.5. The number of halogens is 2. The molecule has 0 amide bonds. The van der Waals surface area contributed by atoms with Crippen LogP contribution in [0, 0.1) is 5.82 Å². The second-order valence-corrected chi connectivity index (χ2v) is 6.19. The summed E-state index contributed by atoms with van der Waals surface area (Å²) in [5.74, 6) is -0.214. The van der Waals surface area contributed by atoms with Gasteiger partial charge in [-0.05, 0) is 25.2 Å². The van der Waals surface area contributed by atoms with Crippen LogP contribution in [0.25, 0.3) is 0 Å². The monoisotopic (exact) mass is 298 g/mol. The Bertz CT molecular complexity index is 544. The Balaban J connectivity index is 2.15. The molecular weight excluding hydrogens is 283 g/mol. The fourth-order valence-electron chi connectivity index (χ4n) is 2.08. The highest BCUT2D eigenvalue weighted by Crippen LogP contribution is 2.27. The number of nitrogens with zero attached hydrogens (tertiary/aromatic N) is 1. The molecule has 1 unspecified atom stereocenters. The molecule has 5 heteroatoms. The summed E-state index contributed by atoms with van der Waals surface area (Å²) in [6, 6.07) is 10.5. The minimum atomic E-state index is -0.214. The topological polar surface area (TPSA) is 29.3 Å². The summed E-state index contributed by atoms with van der Waals surface area (Å²) >= 11 is 7.45. The van der Waals surface area contributed by atoms with Crippen LogP contribution in [0.2, 0.25) is 4.34 Å². The highest BCUT2D eigenvalue weighted by molar-refractivity contribution is 7.16. The van der Waals surface area contributed by atoms with E-state index in [0.717, 1.165) is 9.21 Å². The normalized spacial score (nSPS) is 12.9. The summed E-state index contributed by atoms with van der Waals surface area (Å²) in [6.45, 7) is 1.07. The van der Waals surface area contributed by atoms with E-state index < -0.39 is 0 Å². The molecule has 0 aliphatic carbocycles. The largest absolute Gasteiger partial charge is 0.329 e. The van der Waals surface area contributed by atoms with Crippen molar-refractivity contribution in [2.75, 3.05) is 13.6 Å². The van der Waals surface area contributed by atoms with Gasteiger partial charge in [0.2, 0.25) is 0 Å². The van der Waals surface area contributed by atoms with Crippen LogP contribution in [0.15, 0.2) is 36.4 Å². The van der Waals surface area contributed by atoms with Crippen LogP contribution in [0.1, 0.15) is 16.5 Å². The van der Waals surface area contributed by atoms with E-state index in [9.17, 15) is 4.39 Å². The second kappa shape index (κ2) is 6.48. The number of thiophene rings is 1. The molecule has 1 atom stereocenters. The number of hydrogen-bond acceptors (Lipinski definition) is 3. The molecule has 2 rings (SSSR count). The van der Waals surface area contributed by atoms with Gasteiger partial charge in [-0.25, -0.2) is 4.39 Å². The molecule has 19 heavy (non-hydrogen) atoms. The van der Waals surface area contributed by atoms with Crippen LogP contribution in [-0.4, -0.2) is 18.5 Å². The third-order valence-electron chi connectivity index (χ3n) is 3.05. The Kier molecular flexibility index (Phi) is 4.93. The first-order valence-electron chi connectivity index (χ1n) is 6.00. The number of hydrogen-bond donors (Lipinski definition) is 1. The van der Waals surface area contributed by atoms with Gasteiger partial charge < -0.3 is 5.73 Å². The number of likely N-dealkylation sites (N-methyl/N-ethyl adjacent to an activating group) is 1. The van der Waals surface area contributed by atoms with Crippen LogP contribution in [-0.2, 0) is 6.54 Å². The molecule has 1 aromatic carbocycles. The number of rotatable bonds is 5. The standard InChI is InChI=1S/C14H16ClFN2S/c1-18(9-10-6-7-14(15)19-10)13(8-17)11-4-2-3-5-12(11)16/h2-7,13H,8-9,17H2,1H3. The Labute approximate surface area is 121 Å². The van der Waals surface area contributed by atoms with Gasteiger partial charge in [-0.1, -0.05) is 29.8 Å². The number of benzene rings is 1. The summed E-state index contributed by atoms with van der Waals surface area (Å²) in [6.07, 6.45) is 0. The van der Waals surface area contributed by atoms with Crippen molar-refractivity contribution >= 4 is 22.9 Å². The molecule has 0 fully saturated rings. The molecule has 2 N–H and O–H groups in total. The summed E-state index contributed by atoms with van der Waals surface area (Å²) < 4.78 is 14.6. The molecule has 0 aliphatic heterocycles. The van der Waals surface area contributed by atoms with Gasteiger partial charge in [0.05, 0.1) is 4.34 Å². The van der Waals surface area contributed by atoms with Gasteiger partial charge in [0.1, 0.15) is 5.82 Å². The maximum Gasteiger partial charge on any atom is 0.128 e. The van der Waals surface area contributed by atoms with Gasteiger partial charge in [-0.3, -0.25) is 4.90 Å². The van der Waals surface area contributed by atoms with Crippen molar-refractivity contribution in [1.82, 2.24) is 4.90 Å². The van der Waals surface area contributed by atoms with Crippen molar-refractivity contribution in [2.45, 2.75) is 12.6 Å². The Morgan fingerprint density at radius 2 is 2.05 bits per heavy atom. The van der Waals surface area contributed by atoms with Crippen molar-refractivity contribution in [3.8, 4) is 0 Å². The molecule has 0 bridgehead atoms.